The number of aromatic nitrogens is 2. The Bertz CT molecular complexity index is 1200. The van der Waals surface area contributed by atoms with Crippen LogP contribution in [0.4, 0.5) is 16.3 Å². The summed E-state index contributed by atoms with van der Waals surface area (Å²) in [6, 6.07) is 16.4. The van der Waals surface area contributed by atoms with Gasteiger partial charge < -0.3 is 20.3 Å². The Hall–Kier alpha value is -3.33. The van der Waals surface area contributed by atoms with Crippen LogP contribution in [0, 0.1) is 0 Å². The molecule has 37 heavy (non-hydrogen) atoms. The van der Waals surface area contributed by atoms with Gasteiger partial charge in [-0.25, -0.2) is 9.48 Å². The van der Waals surface area contributed by atoms with Gasteiger partial charge in [0, 0.05) is 28.2 Å². The fourth-order valence-electron chi connectivity index (χ4n) is 3.69. The van der Waals surface area contributed by atoms with E-state index in [1.54, 1.807) is 16.7 Å². The molecule has 0 spiro atoms. The molecule has 0 bridgehead atoms. The molecular weight excluding hydrogens is 534 g/mol. The number of anilines is 2. The van der Waals surface area contributed by atoms with E-state index in [0.29, 0.717) is 18.1 Å². The summed E-state index contributed by atoms with van der Waals surface area (Å²) in [7, 11) is 1.62. The Morgan fingerprint density at radius 2 is 1.78 bits per heavy atom. The monoisotopic (exact) mass is 569 g/mol. The second kappa shape index (κ2) is 12.8. The summed E-state index contributed by atoms with van der Waals surface area (Å²) in [4.78, 5) is 27.8. The maximum atomic E-state index is 13.2. The molecule has 0 fully saturated rings. The summed E-state index contributed by atoms with van der Waals surface area (Å²) in [6.07, 6.45) is 2.80. The predicted octanol–water partition coefficient (Wildman–Crippen LogP) is 6.60. The molecule has 198 valence electrons. The van der Waals surface area contributed by atoms with Crippen molar-refractivity contribution in [2.24, 2.45) is 0 Å². The molecular formula is C28H36BrN5O3. The lowest BCUT2D eigenvalue weighted by Gasteiger charge is -2.23. The molecule has 0 atom stereocenters. The van der Waals surface area contributed by atoms with Crippen molar-refractivity contribution in [1.82, 2.24) is 14.7 Å². The third-order valence-corrected chi connectivity index (χ3v) is 6.28. The lowest BCUT2D eigenvalue weighted by molar-refractivity contribution is -0.116. The molecule has 1 aromatic heterocycles. The van der Waals surface area contributed by atoms with Crippen molar-refractivity contribution in [3.63, 3.8) is 0 Å². The van der Waals surface area contributed by atoms with Gasteiger partial charge in [0.05, 0.1) is 18.5 Å². The summed E-state index contributed by atoms with van der Waals surface area (Å²) in [5, 5.41) is 10.6. The minimum absolute atomic E-state index is 0.0812. The van der Waals surface area contributed by atoms with Crippen LogP contribution < -0.4 is 15.4 Å². The number of urea groups is 1. The summed E-state index contributed by atoms with van der Waals surface area (Å²) in [5.74, 6) is 0.980. The first-order valence-corrected chi connectivity index (χ1v) is 13.3. The van der Waals surface area contributed by atoms with Gasteiger partial charge in [-0.3, -0.25) is 4.79 Å². The molecule has 0 aliphatic heterocycles. The Labute approximate surface area is 227 Å². The number of hydrogen-bond acceptors (Lipinski definition) is 4. The standard InChI is InChI=1S/C28H36BrN5O3/c1-6-7-8-16-33(27(36)30-21-11-9-10-20(29)17-21)19-26(35)31-25-18-24(28(2,3)4)32-34(25)22-12-14-23(37-5)15-13-22/h9-15,17-18H,6-8,16,19H2,1-5H3,(H,30,36)(H,31,35). The number of unbranched alkanes of at least 4 members (excludes halogenated alkanes) is 2. The van der Waals surface area contributed by atoms with E-state index in [1.807, 2.05) is 54.6 Å². The van der Waals surface area contributed by atoms with E-state index in [2.05, 4.69) is 54.3 Å². The van der Waals surface area contributed by atoms with Crippen LogP contribution in [-0.4, -0.2) is 46.8 Å². The van der Waals surface area contributed by atoms with Gasteiger partial charge in [-0.15, -0.1) is 0 Å². The van der Waals surface area contributed by atoms with Gasteiger partial charge in [0.25, 0.3) is 0 Å². The maximum Gasteiger partial charge on any atom is 0.322 e. The van der Waals surface area contributed by atoms with E-state index in [0.717, 1.165) is 40.9 Å². The zero-order valence-electron chi connectivity index (χ0n) is 22.2. The van der Waals surface area contributed by atoms with Crippen LogP contribution in [0.5, 0.6) is 5.75 Å². The predicted molar refractivity (Wildman–Crippen MR) is 152 cm³/mol. The summed E-state index contributed by atoms with van der Waals surface area (Å²) < 4.78 is 7.84. The summed E-state index contributed by atoms with van der Waals surface area (Å²) in [6.45, 7) is 8.71. The molecule has 8 nitrogen and oxygen atoms in total. The summed E-state index contributed by atoms with van der Waals surface area (Å²) >= 11 is 3.42. The molecule has 3 aromatic rings. The van der Waals surface area contributed by atoms with Crippen LogP contribution >= 0.6 is 15.9 Å². The van der Waals surface area contributed by atoms with Crippen LogP contribution in [0.25, 0.3) is 5.69 Å². The highest BCUT2D eigenvalue weighted by Gasteiger charge is 2.23. The van der Waals surface area contributed by atoms with Crippen molar-refractivity contribution in [3.05, 3.63) is 64.8 Å². The highest BCUT2D eigenvalue weighted by molar-refractivity contribution is 9.10. The number of nitrogens with one attached hydrogen (secondary N) is 2. The molecule has 3 rings (SSSR count). The normalized spacial score (nSPS) is 11.2. The molecule has 0 aliphatic rings. The topological polar surface area (TPSA) is 88.5 Å². The third kappa shape index (κ3) is 8.08. The largest absolute Gasteiger partial charge is 0.497 e. The number of benzene rings is 2. The molecule has 1 heterocycles. The average Bonchev–Trinajstić information content (AvgIpc) is 3.28. The lowest BCUT2D eigenvalue weighted by atomic mass is 9.92. The molecule has 3 amide bonds. The van der Waals surface area contributed by atoms with Gasteiger partial charge in [0.15, 0.2) is 0 Å². The molecule has 0 unspecified atom stereocenters. The van der Waals surface area contributed by atoms with Gasteiger partial charge in [0.2, 0.25) is 5.91 Å². The number of carbonyl (C=O) groups excluding carboxylic acids is 2. The first-order chi connectivity index (χ1) is 17.6. The van der Waals surface area contributed by atoms with Crippen molar-refractivity contribution >= 4 is 39.4 Å². The van der Waals surface area contributed by atoms with Crippen molar-refractivity contribution in [3.8, 4) is 11.4 Å². The Balaban J connectivity index is 1.80. The molecule has 9 heteroatoms. The van der Waals surface area contributed by atoms with Crippen LogP contribution in [0.2, 0.25) is 0 Å². The molecule has 0 aliphatic carbocycles. The molecule has 0 saturated carbocycles. The van der Waals surface area contributed by atoms with E-state index in [1.165, 1.54) is 0 Å². The Kier molecular flexibility index (Phi) is 9.74. The second-order valence-electron chi connectivity index (χ2n) is 9.89. The highest BCUT2D eigenvalue weighted by atomic mass is 79.9. The van der Waals surface area contributed by atoms with Crippen LogP contribution in [0.1, 0.15) is 52.7 Å². The Morgan fingerprint density at radius 3 is 2.41 bits per heavy atom. The van der Waals surface area contributed by atoms with Crippen LogP contribution in [-0.2, 0) is 10.2 Å². The number of halogens is 1. The number of carbonyl (C=O) groups is 2. The summed E-state index contributed by atoms with van der Waals surface area (Å²) in [5.41, 5.74) is 2.07. The van der Waals surface area contributed by atoms with Crippen molar-refractivity contribution in [1.29, 1.82) is 0 Å². The van der Waals surface area contributed by atoms with Crippen LogP contribution in [0.3, 0.4) is 0 Å². The number of ether oxygens (including phenoxy) is 1. The van der Waals surface area contributed by atoms with Crippen molar-refractivity contribution in [2.45, 2.75) is 52.4 Å². The van der Waals surface area contributed by atoms with Gasteiger partial charge >= 0.3 is 6.03 Å². The maximum absolute atomic E-state index is 13.2. The van der Waals surface area contributed by atoms with E-state index >= 15 is 0 Å². The van der Waals surface area contributed by atoms with Crippen LogP contribution in [0.15, 0.2) is 59.1 Å². The number of hydrogen-bond donors (Lipinski definition) is 2. The van der Waals surface area contributed by atoms with Gasteiger partial charge in [0.1, 0.15) is 18.1 Å². The highest BCUT2D eigenvalue weighted by Crippen LogP contribution is 2.27. The smallest absolute Gasteiger partial charge is 0.322 e. The minimum atomic E-state index is -0.316. The van der Waals surface area contributed by atoms with Crippen molar-refractivity contribution < 1.29 is 14.3 Å². The first kappa shape index (κ1) is 28.2. The number of methoxy groups -OCH3 is 1. The number of amides is 3. The zero-order chi connectivity index (χ0) is 27.0. The Morgan fingerprint density at radius 1 is 1.05 bits per heavy atom. The SMILES string of the molecule is CCCCCN(CC(=O)Nc1cc(C(C)(C)C)nn1-c1ccc(OC)cc1)C(=O)Nc1cccc(Br)c1. The fraction of sp³-hybridized carbons (Fsp3) is 0.393. The second-order valence-corrected chi connectivity index (χ2v) is 10.8. The van der Waals surface area contributed by atoms with E-state index in [4.69, 9.17) is 9.84 Å². The van der Waals surface area contributed by atoms with E-state index < -0.39 is 0 Å². The quantitative estimate of drug-likeness (QED) is 0.269. The number of nitrogens with zero attached hydrogens (tertiary/aromatic N) is 3. The molecule has 2 aromatic carbocycles. The van der Waals surface area contributed by atoms with Gasteiger partial charge in [-0.05, 0) is 48.9 Å². The third-order valence-electron chi connectivity index (χ3n) is 5.79. The van der Waals surface area contributed by atoms with Crippen molar-refractivity contribution in [2.75, 3.05) is 30.8 Å². The fourth-order valence-corrected chi connectivity index (χ4v) is 4.09. The zero-order valence-corrected chi connectivity index (χ0v) is 23.8. The molecule has 2 N–H and O–H groups in total. The van der Waals surface area contributed by atoms with E-state index in [9.17, 15) is 9.59 Å². The average molecular weight is 571 g/mol. The minimum Gasteiger partial charge on any atom is -0.497 e. The molecule has 0 radical (unpaired) electrons. The number of rotatable bonds is 10. The first-order valence-electron chi connectivity index (χ1n) is 12.5. The van der Waals surface area contributed by atoms with E-state index in [-0.39, 0.29) is 23.9 Å². The van der Waals surface area contributed by atoms with Gasteiger partial charge in [-0.2, -0.15) is 5.10 Å². The van der Waals surface area contributed by atoms with Gasteiger partial charge in [-0.1, -0.05) is 62.5 Å². The molecule has 0 saturated heterocycles. The lowest BCUT2D eigenvalue weighted by Crippen LogP contribution is -2.41.